The van der Waals surface area contributed by atoms with E-state index in [4.69, 9.17) is 9.47 Å². The Bertz CT molecular complexity index is 340. The highest BCUT2D eigenvalue weighted by atomic mass is 35.5. The summed E-state index contributed by atoms with van der Waals surface area (Å²) in [5, 5.41) is 3.37. The van der Waals surface area contributed by atoms with Crippen molar-refractivity contribution in [2.45, 2.75) is 19.4 Å². The third-order valence-electron chi connectivity index (χ3n) is 3.22. The smallest absolute Gasteiger partial charge is 0.119 e. The first-order valence-electron chi connectivity index (χ1n) is 6.30. The van der Waals surface area contributed by atoms with Gasteiger partial charge < -0.3 is 14.8 Å². The lowest BCUT2D eigenvalue weighted by Crippen LogP contribution is -2.29. The second kappa shape index (κ2) is 8.35. The fraction of sp³-hybridized carbons (Fsp3) is 0.571. The Labute approximate surface area is 115 Å². The maximum atomic E-state index is 5.78. The van der Waals surface area contributed by atoms with Gasteiger partial charge in [-0.15, -0.1) is 12.4 Å². The molecule has 2 rings (SSSR count). The zero-order valence-electron chi connectivity index (χ0n) is 10.9. The van der Waals surface area contributed by atoms with Crippen LogP contribution in [0.5, 0.6) is 5.75 Å². The standard InChI is InChI=1S/C14H21NO2.ClH/c1-16-14-4-2-3-13(9-14)11-17-10-12-5-7-15-8-6-12;/h2-4,9,12,15H,5-8,10-11H2,1H3;1H. The Hall–Kier alpha value is -0.770. The summed E-state index contributed by atoms with van der Waals surface area (Å²) >= 11 is 0. The van der Waals surface area contributed by atoms with Gasteiger partial charge in [0.1, 0.15) is 5.75 Å². The molecule has 0 aromatic heterocycles. The summed E-state index contributed by atoms with van der Waals surface area (Å²) in [5.41, 5.74) is 1.18. The Morgan fingerprint density at radius 3 is 2.78 bits per heavy atom. The van der Waals surface area contributed by atoms with Crippen LogP contribution in [0.3, 0.4) is 0 Å². The van der Waals surface area contributed by atoms with Crippen LogP contribution in [-0.2, 0) is 11.3 Å². The number of halogens is 1. The molecule has 1 fully saturated rings. The van der Waals surface area contributed by atoms with Crippen molar-refractivity contribution in [1.82, 2.24) is 5.32 Å². The quantitative estimate of drug-likeness (QED) is 0.893. The molecular formula is C14H22ClNO2. The number of rotatable bonds is 5. The summed E-state index contributed by atoms with van der Waals surface area (Å²) in [6.07, 6.45) is 2.47. The molecule has 4 heteroatoms. The van der Waals surface area contributed by atoms with E-state index < -0.39 is 0 Å². The monoisotopic (exact) mass is 271 g/mol. The first-order chi connectivity index (χ1) is 8.38. The van der Waals surface area contributed by atoms with Crippen LogP contribution < -0.4 is 10.1 Å². The molecule has 0 spiro atoms. The first kappa shape index (κ1) is 15.3. The third kappa shape index (κ3) is 4.84. The van der Waals surface area contributed by atoms with E-state index in [2.05, 4.69) is 11.4 Å². The number of benzene rings is 1. The Kier molecular flexibility index (Phi) is 7.09. The van der Waals surface area contributed by atoms with E-state index in [1.807, 2.05) is 18.2 Å². The molecule has 0 saturated carbocycles. The van der Waals surface area contributed by atoms with E-state index in [1.165, 1.54) is 18.4 Å². The highest BCUT2D eigenvalue weighted by molar-refractivity contribution is 5.85. The Balaban J connectivity index is 0.00000162. The molecule has 1 heterocycles. The minimum absolute atomic E-state index is 0. The molecule has 1 aliphatic rings. The van der Waals surface area contributed by atoms with E-state index >= 15 is 0 Å². The molecule has 1 aromatic carbocycles. The highest BCUT2D eigenvalue weighted by Crippen LogP contribution is 2.15. The van der Waals surface area contributed by atoms with Gasteiger partial charge in [-0.25, -0.2) is 0 Å². The van der Waals surface area contributed by atoms with Crippen molar-refractivity contribution in [1.29, 1.82) is 0 Å². The fourth-order valence-corrected chi connectivity index (χ4v) is 2.15. The van der Waals surface area contributed by atoms with Gasteiger partial charge in [-0.1, -0.05) is 12.1 Å². The predicted molar refractivity (Wildman–Crippen MR) is 75.5 cm³/mol. The molecule has 0 aliphatic carbocycles. The maximum absolute atomic E-state index is 5.78. The van der Waals surface area contributed by atoms with Gasteiger partial charge in [-0.05, 0) is 49.5 Å². The molecule has 18 heavy (non-hydrogen) atoms. The third-order valence-corrected chi connectivity index (χ3v) is 3.22. The van der Waals surface area contributed by atoms with E-state index in [9.17, 15) is 0 Å². The van der Waals surface area contributed by atoms with Gasteiger partial charge in [-0.3, -0.25) is 0 Å². The van der Waals surface area contributed by atoms with Crippen molar-refractivity contribution in [3.05, 3.63) is 29.8 Å². The van der Waals surface area contributed by atoms with Gasteiger partial charge in [0.05, 0.1) is 13.7 Å². The van der Waals surface area contributed by atoms with Gasteiger partial charge >= 0.3 is 0 Å². The van der Waals surface area contributed by atoms with E-state index in [1.54, 1.807) is 7.11 Å². The molecular weight excluding hydrogens is 250 g/mol. The Morgan fingerprint density at radius 2 is 2.06 bits per heavy atom. The van der Waals surface area contributed by atoms with Gasteiger partial charge in [0.15, 0.2) is 0 Å². The molecule has 0 atom stereocenters. The van der Waals surface area contributed by atoms with Crippen LogP contribution in [-0.4, -0.2) is 26.8 Å². The molecule has 0 unspecified atom stereocenters. The van der Waals surface area contributed by atoms with Crippen LogP contribution in [0.25, 0.3) is 0 Å². The van der Waals surface area contributed by atoms with Crippen LogP contribution in [0.1, 0.15) is 18.4 Å². The lowest BCUT2D eigenvalue weighted by Gasteiger charge is -2.22. The normalized spacial score (nSPS) is 16.1. The van der Waals surface area contributed by atoms with E-state index in [0.29, 0.717) is 6.61 Å². The molecule has 0 radical (unpaired) electrons. The molecule has 1 saturated heterocycles. The topological polar surface area (TPSA) is 30.5 Å². The summed E-state index contributed by atoms with van der Waals surface area (Å²) in [6, 6.07) is 8.06. The lowest BCUT2D eigenvalue weighted by atomic mass is 9.99. The van der Waals surface area contributed by atoms with E-state index in [0.717, 1.165) is 31.4 Å². The minimum atomic E-state index is 0. The Morgan fingerprint density at radius 1 is 1.28 bits per heavy atom. The van der Waals surface area contributed by atoms with Gasteiger partial charge in [-0.2, -0.15) is 0 Å². The number of piperidine rings is 1. The summed E-state index contributed by atoms with van der Waals surface area (Å²) in [5.74, 6) is 1.62. The van der Waals surface area contributed by atoms with Crippen LogP contribution in [0, 0.1) is 5.92 Å². The molecule has 1 aromatic rings. The van der Waals surface area contributed by atoms with Crippen LogP contribution >= 0.6 is 12.4 Å². The second-order valence-corrected chi connectivity index (χ2v) is 4.56. The SMILES string of the molecule is COc1cccc(COCC2CCNCC2)c1.Cl. The van der Waals surface area contributed by atoms with Crippen molar-refractivity contribution in [2.24, 2.45) is 5.92 Å². The van der Waals surface area contributed by atoms with Crippen LogP contribution in [0.15, 0.2) is 24.3 Å². The fourth-order valence-electron chi connectivity index (χ4n) is 2.15. The van der Waals surface area contributed by atoms with Crippen LogP contribution in [0.2, 0.25) is 0 Å². The zero-order valence-corrected chi connectivity index (χ0v) is 11.7. The molecule has 1 N–H and O–H groups in total. The highest BCUT2D eigenvalue weighted by Gasteiger charge is 2.12. The van der Waals surface area contributed by atoms with Crippen molar-refractivity contribution >= 4 is 12.4 Å². The summed E-state index contributed by atoms with van der Waals surface area (Å²) in [4.78, 5) is 0. The summed E-state index contributed by atoms with van der Waals surface area (Å²) in [7, 11) is 1.69. The number of hydrogen-bond donors (Lipinski definition) is 1. The van der Waals surface area contributed by atoms with Gasteiger partial charge in [0.2, 0.25) is 0 Å². The van der Waals surface area contributed by atoms with Crippen molar-refractivity contribution < 1.29 is 9.47 Å². The molecule has 0 bridgehead atoms. The van der Waals surface area contributed by atoms with Crippen molar-refractivity contribution in [2.75, 3.05) is 26.8 Å². The summed E-state index contributed by atoms with van der Waals surface area (Å²) < 4.78 is 11.0. The number of nitrogens with one attached hydrogen (secondary N) is 1. The van der Waals surface area contributed by atoms with Gasteiger partial charge in [0.25, 0.3) is 0 Å². The zero-order chi connectivity index (χ0) is 11.9. The molecule has 1 aliphatic heterocycles. The number of hydrogen-bond acceptors (Lipinski definition) is 3. The number of methoxy groups -OCH3 is 1. The van der Waals surface area contributed by atoms with Gasteiger partial charge in [0, 0.05) is 6.61 Å². The van der Waals surface area contributed by atoms with Crippen molar-refractivity contribution in [3.63, 3.8) is 0 Å². The number of ether oxygens (including phenoxy) is 2. The minimum Gasteiger partial charge on any atom is -0.497 e. The van der Waals surface area contributed by atoms with E-state index in [-0.39, 0.29) is 12.4 Å². The van der Waals surface area contributed by atoms with Crippen molar-refractivity contribution in [3.8, 4) is 5.75 Å². The molecule has 0 amide bonds. The van der Waals surface area contributed by atoms with Crippen LogP contribution in [0.4, 0.5) is 0 Å². The maximum Gasteiger partial charge on any atom is 0.119 e. The average molecular weight is 272 g/mol. The second-order valence-electron chi connectivity index (χ2n) is 4.56. The molecule has 3 nitrogen and oxygen atoms in total. The summed E-state index contributed by atoms with van der Waals surface area (Å²) in [6.45, 7) is 3.82. The largest absolute Gasteiger partial charge is 0.497 e. The average Bonchev–Trinajstić information content (AvgIpc) is 2.40. The predicted octanol–water partition coefficient (Wildman–Crippen LogP) is 2.63. The lowest BCUT2D eigenvalue weighted by molar-refractivity contribution is 0.0762. The molecule has 102 valence electrons. The first-order valence-corrected chi connectivity index (χ1v) is 6.30.